The molecule has 0 atom stereocenters. The fourth-order valence-corrected chi connectivity index (χ4v) is 4.48. The third kappa shape index (κ3) is 6.88. The van der Waals surface area contributed by atoms with Crippen LogP contribution in [-0.2, 0) is 0 Å². The van der Waals surface area contributed by atoms with Gasteiger partial charge in [-0.05, 0) is 120 Å². The van der Waals surface area contributed by atoms with Gasteiger partial charge in [0.05, 0.1) is 0 Å². The van der Waals surface area contributed by atoms with Gasteiger partial charge in [0.15, 0.2) is 0 Å². The predicted molar refractivity (Wildman–Crippen MR) is 166 cm³/mol. The average molecular weight is 587 g/mol. The van der Waals surface area contributed by atoms with Crippen molar-refractivity contribution in [1.82, 2.24) is 0 Å². The van der Waals surface area contributed by atoms with Gasteiger partial charge in [-0.2, -0.15) is 0 Å². The van der Waals surface area contributed by atoms with Gasteiger partial charge in [0.25, 0.3) is 11.8 Å². The number of rotatable bonds is 8. The Labute approximate surface area is 251 Å². The molecule has 2 N–H and O–H groups in total. The van der Waals surface area contributed by atoms with Gasteiger partial charge < -0.3 is 20.1 Å². The van der Waals surface area contributed by atoms with Crippen LogP contribution in [0.3, 0.4) is 0 Å². The molecule has 6 aromatic rings. The highest BCUT2D eigenvalue weighted by Gasteiger charge is 2.09. The van der Waals surface area contributed by atoms with Gasteiger partial charge in [-0.15, -0.1) is 0 Å². The van der Waals surface area contributed by atoms with Gasteiger partial charge in [0.1, 0.15) is 34.6 Å². The second-order valence-corrected chi connectivity index (χ2v) is 9.85. The first-order valence-electron chi connectivity index (χ1n) is 13.6. The van der Waals surface area contributed by atoms with Crippen LogP contribution in [-0.4, -0.2) is 11.8 Å². The number of anilines is 2. The highest BCUT2D eigenvalue weighted by molar-refractivity contribution is 6.04. The minimum Gasteiger partial charge on any atom is -0.457 e. The molecule has 8 heteroatoms. The second kappa shape index (κ2) is 12.5. The van der Waals surface area contributed by atoms with Crippen molar-refractivity contribution in [3.05, 3.63) is 156 Å². The number of hydrogen-bond donors (Lipinski definition) is 2. The summed E-state index contributed by atoms with van der Waals surface area (Å²) in [5.74, 6) is 0.611. The summed E-state index contributed by atoms with van der Waals surface area (Å²) in [6.45, 7) is 0. The normalized spacial score (nSPS) is 10.7. The van der Waals surface area contributed by atoms with Crippen LogP contribution in [0.4, 0.5) is 20.2 Å². The van der Waals surface area contributed by atoms with E-state index in [2.05, 4.69) is 10.6 Å². The van der Waals surface area contributed by atoms with Crippen molar-refractivity contribution in [3.63, 3.8) is 0 Å². The highest BCUT2D eigenvalue weighted by atomic mass is 19.1. The Kier molecular flexibility index (Phi) is 7.96. The summed E-state index contributed by atoms with van der Waals surface area (Å²) in [5.41, 5.74) is 1.56. The third-order valence-electron chi connectivity index (χ3n) is 6.65. The third-order valence-corrected chi connectivity index (χ3v) is 6.65. The van der Waals surface area contributed by atoms with Crippen molar-refractivity contribution >= 4 is 34.0 Å². The molecule has 6 rings (SSSR count). The zero-order valence-corrected chi connectivity index (χ0v) is 23.1. The first kappa shape index (κ1) is 28.1. The van der Waals surface area contributed by atoms with E-state index >= 15 is 0 Å². The summed E-state index contributed by atoms with van der Waals surface area (Å²) >= 11 is 0. The molecule has 0 bridgehead atoms. The van der Waals surface area contributed by atoms with E-state index in [0.29, 0.717) is 34.4 Å². The number of benzene rings is 6. The zero-order chi connectivity index (χ0) is 30.5. The lowest BCUT2D eigenvalue weighted by atomic mass is 10.1. The van der Waals surface area contributed by atoms with Crippen LogP contribution in [0.2, 0.25) is 0 Å². The monoisotopic (exact) mass is 586 g/mol. The van der Waals surface area contributed by atoms with Crippen molar-refractivity contribution in [2.45, 2.75) is 0 Å². The van der Waals surface area contributed by atoms with Gasteiger partial charge in [-0.1, -0.05) is 24.3 Å². The van der Waals surface area contributed by atoms with Crippen LogP contribution in [0, 0.1) is 11.6 Å². The Morgan fingerprint density at radius 3 is 1.27 bits per heavy atom. The molecule has 0 spiro atoms. The van der Waals surface area contributed by atoms with E-state index < -0.39 is 23.4 Å². The topological polar surface area (TPSA) is 76.7 Å². The molecule has 216 valence electrons. The summed E-state index contributed by atoms with van der Waals surface area (Å²) < 4.78 is 38.9. The SMILES string of the molecule is O=C(Nc1ccc(Oc2ccc3ccc(Oc4ccc(NC(=O)c5cccc(F)c5)cc4)cc3c2)cc1)c1cccc(F)c1. The first-order chi connectivity index (χ1) is 21.4. The summed E-state index contributed by atoms with van der Waals surface area (Å²) in [6, 6.07) is 36.1. The summed E-state index contributed by atoms with van der Waals surface area (Å²) in [6.07, 6.45) is 0. The molecule has 0 fully saturated rings. The quantitative estimate of drug-likeness (QED) is 0.186. The average Bonchev–Trinajstić information content (AvgIpc) is 3.03. The van der Waals surface area contributed by atoms with E-state index in [0.717, 1.165) is 10.8 Å². The minimum absolute atomic E-state index is 0.230. The standard InChI is InChI=1S/C36H24F2N2O4/c37-27-5-1-3-24(19-27)35(41)39-29-9-15-31(16-10-29)43-33-13-7-23-8-14-34(22-26(23)21-33)44-32-17-11-30(12-18-32)40-36(42)25-4-2-6-28(38)20-25/h1-22H,(H,39,41)(H,40,42). The Bertz CT molecular complexity index is 1840. The maximum atomic E-state index is 13.4. The van der Waals surface area contributed by atoms with Crippen molar-refractivity contribution in [3.8, 4) is 23.0 Å². The van der Waals surface area contributed by atoms with Gasteiger partial charge >= 0.3 is 0 Å². The number of carbonyl (C=O) groups is 2. The molecular formula is C36H24F2N2O4. The lowest BCUT2D eigenvalue weighted by Gasteiger charge is -2.11. The molecule has 0 heterocycles. The molecule has 0 unspecified atom stereocenters. The lowest BCUT2D eigenvalue weighted by molar-refractivity contribution is 0.101. The zero-order valence-electron chi connectivity index (χ0n) is 23.1. The van der Waals surface area contributed by atoms with Gasteiger partial charge in [-0.25, -0.2) is 8.78 Å². The molecule has 0 aromatic heterocycles. The van der Waals surface area contributed by atoms with Crippen LogP contribution >= 0.6 is 0 Å². The number of nitrogens with one attached hydrogen (secondary N) is 2. The maximum Gasteiger partial charge on any atom is 0.255 e. The second-order valence-electron chi connectivity index (χ2n) is 9.85. The predicted octanol–water partition coefficient (Wildman–Crippen LogP) is 9.21. The van der Waals surface area contributed by atoms with Crippen LogP contribution < -0.4 is 20.1 Å². The molecular weight excluding hydrogens is 562 g/mol. The number of fused-ring (bicyclic) bond motifs is 1. The molecule has 2 amide bonds. The molecule has 0 saturated carbocycles. The molecule has 44 heavy (non-hydrogen) atoms. The smallest absolute Gasteiger partial charge is 0.255 e. The molecule has 0 aliphatic carbocycles. The summed E-state index contributed by atoms with van der Waals surface area (Å²) in [7, 11) is 0. The van der Waals surface area contributed by atoms with Crippen molar-refractivity contribution in [2.24, 2.45) is 0 Å². The van der Waals surface area contributed by atoms with E-state index in [1.807, 2.05) is 36.4 Å². The van der Waals surface area contributed by atoms with Crippen molar-refractivity contribution in [2.75, 3.05) is 10.6 Å². The van der Waals surface area contributed by atoms with E-state index in [4.69, 9.17) is 9.47 Å². The van der Waals surface area contributed by atoms with Crippen molar-refractivity contribution in [1.29, 1.82) is 0 Å². The molecule has 6 aromatic carbocycles. The van der Waals surface area contributed by atoms with E-state index in [1.54, 1.807) is 60.7 Å². The Hall–Kier alpha value is -6.02. The fourth-order valence-electron chi connectivity index (χ4n) is 4.48. The molecule has 6 nitrogen and oxygen atoms in total. The summed E-state index contributed by atoms with van der Waals surface area (Å²) in [4.78, 5) is 24.8. The Balaban J connectivity index is 1.09. The first-order valence-corrected chi connectivity index (χ1v) is 13.6. The van der Waals surface area contributed by atoms with Crippen LogP contribution in [0.5, 0.6) is 23.0 Å². The van der Waals surface area contributed by atoms with Gasteiger partial charge in [0.2, 0.25) is 0 Å². The fraction of sp³-hybridized carbons (Fsp3) is 0. The van der Waals surface area contributed by atoms with Crippen LogP contribution in [0.15, 0.2) is 133 Å². The Morgan fingerprint density at radius 2 is 0.864 bits per heavy atom. The molecule has 0 saturated heterocycles. The maximum absolute atomic E-state index is 13.4. The number of hydrogen-bond acceptors (Lipinski definition) is 4. The van der Waals surface area contributed by atoms with Crippen LogP contribution in [0.25, 0.3) is 10.8 Å². The van der Waals surface area contributed by atoms with Gasteiger partial charge in [0, 0.05) is 22.5 Å². The van der Waals surface area contributed by atoms with E-state index in [1.165, 1.54) is 36.4 Å². The molecule has 0 aliphatic rings. The van der Waals surface area contributed by atoms with Gasteiger partial charge in [-0.3, -0.25) is 9.59 Å². The van der Waals surface area contributed by atoms with E-state index in [9.17, 15) is 18.4 Å². The lowest BCUT2D eigenvalue weighted by Crippen LogP contribution is -2.11. The van der Waals surface area contributed by atoms with E-state index in [-0.39, 0.29) is 11.1 Å². The largest absolute Gasteiger partial charge is 0.457 e. The number of ether oxygens (including phenoxy) is 2. The van der Waals surface area contributed by atoms with Crippen molar-refractivity contribution < 1.29 is 27.8 Å². The Morgan fingerprint density at radius 1 is 0.455 bits per heavy atom. The molecule has 0 radical (unpaired) electrons. The summed E-state index contributed by atoms with van der Waals surface area (Å²) in [5, 5.41) is 7.38. The highest BCUT2D eigenvalue weighted by Crippen LogP contribution is 2.31. The van der Waals surface area contributed by atoms with Crippen LogP contribution in [0.1, 0.15) is 20.7 Å². The number of carbonyl (C=O) groups excluding carboxylic acids is 2. The minimum atomic E-state index is -0.476. The molecule has 0 aliphatic heterocycles. The number of halogens is 2. The number of amides is 2.